The number of amides is 1. The van der Waals surface area contributed by atoms with Gasteiger partial charge in [-0.25, -0.2) is 0 Å². The Kier molecular flexibility index (Phi) is 6.87. The number of hydrogen-bond donors (Lipinski definition) is 2. The quantitative estimate of drug-likeness (QED) is 0.627. The first-order valence-electron chi connectivity index (χ1n) is 8.38. The molecule has 1 unspecified atom stereocenters. The molecule has 1 aromatic carbocycles. The maximum atomic E-state index is 12.0. The van der Waals surface area contributed by atoms with Crippen LogP contribution in [0, 0.1) is 6.92 Å². The van der Waals surface area contributed by atoms with Gasteiger partial charge in [-0.1, -0.05) is 55.5 Å². The molecule has 1 amide bonds. The number of carbonyl (C=O) groups excluding carboxylic acids is 1. The third kappa shape index (κ3) is 5.43. The van der Waals surface area contributed by atoms with Crippen LogP contribution in [0.25, 0.3) is 0 Å². The van der Waals surface area contributed by atoms with Gasteiger partial charge in [0.25, 0.3) is 0 Å². The minimum atomic E-state index is -0.613. The number of ether oxygens (including phenoxy) is 1. The van der Waals surface area contributed by atoms with Crippen LogP contribution in [0.15, 0.2) is 24.3 Å². The molecule has 0 spiro atoms. The summed E-state index contributed by atoms with van der Waals surface area (Å²) in [7, 11) is 0. The highest BCUT2D eigenvalue weighted by Gasteiger charge is 2.16. The molecule has 4 heteroatoms. The fraction of sp³-hybridized carbons (Fsp3) is 0.611. The van der Waals surface area contributed by atoms with Gasteiger partial charge in [-0.15, -0.1) is 0 Å². The van der Waals surface area contributed by atoms with Gasteiger partial charge < -0.3 is 15.8 Å². The van der Waals surface area contributed by atoms with Crippen molar-refractivity contribution in [1.82, 2.24) is 5.32 Å². The molecule has 0 aromatic heterocycles. The van der Waals surface area contributed by atoms with Crippen LogP contribution in [0.1, 0.15) is 55.7 Å². The summed E-state index contributed by atoms with van der Waals surface area (Å²) in [6.45, 7) is 3.10. The molecule has 3 N–H and O–H groups in total. The Labute approximate surface area is 133 Å². The van der Waals surface area contributed by atoms with Crippen molar-refractivity contribution in [3.05, 3.63) is 35.4 Å². The lowest BCUT2D eigenvalue weighted by Crippen LogP contribution is -2.36. The molecule has 2 rings (SSSR count). The Balaban J connectivity index is 1.67. The van der Waals surface area contributed by atoms with Crippen molar-refractivity contribution in [3.63, 3.8) is 0 Å². The molecule has 0 heterocycles. The van der Waals surface area contributed by atoms with E-state index in [4.69, 9.17) is 10.5 Å². The number of aryl methyl sites for hydroxylation is 1. The second-order valence-electron chi connectivity index (χ2n) is 6.16. The molecular formula is C18H28N2O2. The standard InChI is InChI=1S/C18H28N2O2/c1-14-8-10-15(11-9-14)17(19)18(21)20-12-13-22-16-6-4-2-3-5-7-16/h8-11,16-17H,2-7,12-13,19H2,1H3,(H,20,21). The van der Waals surface area contributed by atoms with Gasteiger partial charge in [-0.05, 0) is 25.3 Å². The molecular weight excluding hydrogens is 276 g/mol. The molecule has 4 nitrogen and oxygen atoms in total. The monoisotopic (exact) mass is 304 g/mol. The molecule has 122 valence electrons. The average Bonchev–Trinajstić information content (AvgIpc) is 2.80. The van der Waals surface area contributed by atoms with E-state index in [1.807, 2.05) is 31.2 Å². The van der Waals surface area contributed by atoms with Crippen LogP contribution < -0.4 is 11.1 Å². The fourth-order valence-corrected chi connectivity index (χ4v) is 2.84. The summed E-state index contributed by atoms with van der Waals surface area (Å²) in [5.74, 6) is -0.145. The summed E-state index contributed by atoms with van der Waals surface area (Å²) in [4.78, 5) is 12.0. The maximum absolute atomic E-state index is 12.0. The van der Waals surface area contributed by atoms with Crippen LogP contribution in [0.4, 0.5) is 0 Å². The summed E-state index contributed by atoms with van der Waals surface area (Å²) in [6, 6.07) is 7.14. The number of nitrogens with two attached hydrogens (primary N) is 1. The van der Waals surface area contributed by atoms with Gasteiger partial charge in [0.1, 0.15) is 6.04 Å². The van der Waals surface area contributed by atoms with Crippen LogP contribution in [-0.4, -0.2) is 25.2 Å². The highest BCUT2D eigenvalue weighted by atomic mass is 16.5. The number of benzene rings is 1. The molecule has 0 bridgehead atoms. The smallest absolute Gasteiger partial charge is 0.241 e. The Hall–Kier alpha value is -1.39. The number of carbonyl (C=O) groups is 1. The van der Waals surface area contributed by atoms with Crippen LogP contribution in [0.5, 0.6) is 0 Å². The van der Waals surface area contributed by atoms with Gasteiger partial charge in [0, 0.05) is 6.54 Å². The van der Waals surface area contributed by atoms with E-state index < -0.39 is 6.04 Å². The minimum absolute atomic E-state index is 0.145. The van der Waals surface area contributed by atoms with Crippen LogP contribution in [0.2, 0.25) is 0 Å². The molecule has 1 atom stereocenters. The van der Waals surface area contributed by atoms with E-state index in [1.165, 1.54) is 25.7 Å². The molecule has 0 radical (unpaired) electrons. The Morgan fingerprint density at radius 1 is 1.23 bits per heavy atom. The Bertz CT molecular complexity index is 451. The SMILES string of the molecule is Cc1ccc(C(N)C(=O)NCCOC2CCCCCC2)cc1. The lowest BCUT2D eigenvalue weighted by atomic mass is 10.1. The van der Waals surface area contributed by atoms with E-state index in [2.05, 4.69) is 5.32 Å². The van der Waals surface area contributed by atoms with Crippen molar-refractivity contribution >= 4 is 5.91 Å². The first-order chi connectivity index (χ1) is 10.7. The third-order valence-electron chi connectivity index (χ3n) is 4.28. The van der Waals surface area contributed by atoms with Gasteiger partial charge in [0.2, 0.25) is 5.91 Å². The zero-order valence-corrected chi connectivity index (χ0v) is 13.5. The third-order valence-corrected chi connectivity index (χ3v) is 4.28. The van der Waals surface area contributed by atoms with E-state index in [0.29, 0.717) is 19.3 Å². The summed E-state index contributed by atoms with van der Waals surface area (Å²) >= 11 is 0. The molecule has 0 saturated heterocycles. The minimum Gasteiger partial charge on any atom is -0.376 e. The average molecular weight is 304 g/mol. The number of nitrogens with one attached hydrogen (secondary N) is 1. The first kappa shape index (κ1) is 17.0. The van der Waals surface area contributed by atoms with Gasteiger partial charge in [0.15, 0.2) is 0 Å². The second-order valence-corrected chi connectivity index (χ2v) is 6.16. The predicted molar refractivity (Wildman–Crippen MR) is 88.6 cm³/mol. The summed E-state index contributed by atoms with van der Waals surface area (Å²) in [6.07, 6.45) is 7.83. The zero-order chi connectivity index (χ0) is 15.8. The number of hydrogen-bond acceptors (Lipinski definition) is 3. The van der Waals surface area contributed by atoms with Crippen molar-refractivity contribution < 1.29 is 9.53 Å². The van der Waals surface area contributed by atoms with E-state index >= 15 is 0 Å². The molecule has 1 aromatic rings. The summed E-state index contributed by atoms with van der Waals surface area (Å²) in [5.41, 5.74) is 7.98. The lowest BCUT2D eigenvalue weighted by molar-refractivity contribution is -0.122. The molecule has 22 heavy (non-hydrogen) atoms. The Morgan fingerprint density at radius 2 is 1.86 bits per heavy atom. The molecule has 1 fully saturated rings. The van der Waals surface area contributed by atoms with Crippen molar-refractivity contribution in [1.29, 1.82) is 0 Å². The zero-order valence-electron chi connectivity index (χ0n) is 13.5. The van der Waals surface area contributed by atoms with Crippen LogP contribution in [0.3, 0.4) is 0 Å². The maximum Gasteiger partial charge on any atom is 0.241 e. The van der Waals surface area contributed by atoms with Gasteiger partial charge >= 0.3 is 0 Å². The van der Waals surface area contributed by atoms with E-state index in [0.717, 1.165) is 24.0 Å². The topological polar surface area (TPSA) is 64.4 Å². The number of rotatable bonds is 6. The first-order valence-corrected chi connectivity index (χ1v) is 8.38. The van der Waals surface area contributed by atoms with Crippen LogP contribution >= 0.6 is 0 Å². The van der Waals surface area contributed by atoms with E-state index in [9.17, 15) is 4.79 Å². The van der Waals surface area contributed by atoms with Crippen LogP contribution in [-0.2, 0) is 9.53 Å². The van der Waals surface area contributed by atoms with Crippen molar-refractivity contribution in [2.75, 3.05) is 13.2 Å². The van der Waals surface area contributed by atoms with Crippen molar-refractivity contribution in [2.45, 2.75) is 57.6 Å². The van der Waals surface area contributed by atoms with Gasteiger partial charge in [0.05, 0.1) is 12.7 Å². The largest absolute Gasteiger partial charge is 0.376 e. The van der Waals surface area contributed by atoms with Gasteiger partial charge in [-0.2, -0.15) is 0 Å². The lowest BCUT2D eigenvalue weighted by Gasteiger charge is -2.17. The van der Waals surface area contributed by atoms with E-state index in [-0.39, 0.29) is 5.91 Å². The molecule has 1 aliphatic carbocycles. The fourth-order valence-electron chi connectivity index (χ4n) is 2.84. The van der Waals surface area contributed by atoms with Crippen molar-refractivity contribution in [2.24, 2.45) is 5.73 Å². The van der Waals surface area contributed by atoms with Crippen molar-refractivity contribution in [3.8, 4) is 0 Å². The normalized spacial score (nSPS) is 17.7. The summed E-state index contributed by atoms with van der Waals surface area (Å²) < 4.78 is 5.86. The highest BCUT2D eigenvalue weighted by Crippen LogP contribution is 2.19. The Morgan fingerprint density at radius 3 is 2.50 bits per heavy atom. The van der Waals surface area contributed by atoms with E-state index in [1.54, 1.807) is 0 Å². The predicted octanol–water partition coefficient (Wildman–Crippen LogP) is 2.85. The highest BCUT2D eigenvalue weighted by molar-refractivity contribution is 5.82. The van der Waals surface area contributed by atoms with Gasteiger partial charge in [-0.3, -0.25) is 4.79 Å². The molecule has 1 aliphatic rings. The second kappa shape index (κ2) is 8.91. The molecule has 1 saturated carbocycles. The summed E-state index contributed by atoms with van der Waals surface area (Å²) in [5, 5.41) is 2.86. The molecule has 0 aliphatic heterocycles.